The van der Waals surface area contributed by atoms with E-state index in [1.165, 1.54) is 25.7 Å². The number of nitrogen functional groups attached to an aromatic ring is 1. The maximum absolute atomic E-state index is 5.98. The maximum atomic E-state index is 5.98. The summed E-state index contributed by atoms with van der Waals surface area (Å²) in [6.07, 6.45) is 5.30. The highest BCUT2D eigenvalue weighted by Gasteiger charge is 2.35. The Bertz CT molecular complexity index is 465. The Balaban J connectivity index is 2.07. The second-order valence-electron chi connectivity index (χ2n) is 6.64. The number of ether oxygens (including phenoxy) is 1. The van der Waals surface area contributed by atoms with Crippen LogP contribution < -0.4 is 15.8 Å². The lowest BCUT2D eigenvalue weighted by molar-refractivity contribution is 0.172. The average Bonchev–Trinajstić information content (AvgIpc) is 2.85. The van der Waals surface area contributed by atoms with Crippen LogP contribution in [0.1, 0.15) is 39.5 Å². The molecule has 2 rings (SSSR count). The van der Waals surface area contributed by atoms with Gasteiger partial charge in [-0.3, -0.25) is 0 Å². The molecule has 0 aliphatic heterocycles. The van der Waals surface area contributed by atoms with Gasteiger partial charge in [-0.25, -0.2) is 0 Å². The van der Waals surface area contributed by atoms with Crippen LogP contribution in [0.3, 0.4) is 0 Å². The Morgan fingerprint density at radius 1 is 1.24 bits per heavy atom. The molecule has 4 nitrogen and oxygen atoms in total. The summed E-state index contributed by atoms with van der Waals surface area (Å²) < 4.78 is 5.75. The topological polar surface area (TPSA) is 50.5 Å². The normalized spacial score (nSPS) is 17.4. The molecular formula is C17H29N3O. The van der Waals surface area contributed by atoms with Crippen LogP contribution in [0.15, 0.2) is 18.2 Å². The van der Waals surface area contributed by atoms with Gasteiger partial charge in [0.2, 0.25) is 0 Å². The first-order valence-electron chi connectivity index (χ1n) is 7.90. The summed E-state index contributed by atoms with van der Waals surface area (Å²) in [6.45, 7) is 5.00. The second-order valence-corrected chi connectivity index (χ2v) is 6.64. The minimum Gasteiger partial charge on any atom is -0.491 e. The Kier molecular flexibility index (Phi) is 4.99. The Morgan fingerprint density at radius 3 is 2.48 bits per heavy atom. The number of benzene rings is 1. The molecule has 0 spiro atoms. The van der Waals surface area contributed by atoms with Crippen LogP contribution in [0, 0.1) is 0 Å². The van der Waals surface area contributed by atoms with Crippen molar-refractivity contribution < 1.29 is 4.74 Å². The molecule has 0 bridgehead atoms. The van der Waals surface area contributed by atoms with E-state index in [0.717, 1.165) is 23.7 Å². The van der Waals surface area contributed by atoms with E-state index in [1.54, 1.807) is 0 Å². The summed E-state index contributed by atoms with van der Waals surface area (Å²) >= 11 is 0. The molecule has 1 fully saturated rings. The Hall–Kier alpha value is -1.42. The maximum Gasteiger partial charge on any atom is 0.123 e. The molecule has 0 saturated heterocycles. The summed E-state index contributed by atoms with van der Waals surface area (Å²) in [5.74, 6) is 0.831. The van der Waals surface area contributed by atoms with Crippen molar-refractivity contribution in [3.63, 3.8) is 0 Å². The van der Waals surface area contributed by atoms with E-state index in [4.69, 9.17) is 10.5 Å². The van der Waals surface area contributed by atoms with Crippen molar-refractivity contribution in [1.29, 1.82) is 0 Å². The third-order valence-corrected chi connectivity index (χ3v) is 4.41. The molecule has 4 heteroatoms. The van der Waals surface area contributed by atoms with Crippen LogP contribution >= 0.6 is 0 Å². The number of hydrogen-bond acceptors (Lipinski definition) is 4. The van der Waals surface area contributed by atoms with Gasteiger partial charge in [0.05, 0.1) is 6.10 Å². The standard InChI is InChI=1S/C17H29N3O/c1-13(2)21-16-10-14(18)9-15(11-16)19-12-17(20(3)4)7-5-6-8-17/h9-11,13,19H,5-8,12,18H2,1-4H3. The highest BCUT2D eigenvalue weighted by molar-refractivity contribution is 5.59. The number of anilines is 2. The van der Waals surface area contributed by atoms with Crippen molar-refractivity contribution in [2.24, 2.45) is 0 Å². The molecule has 1 aliphatic rings. The molecule has 3 N–H and O–H groups in total. The monoisotopic (exact) mass is 291 g/mol. The van der Waals surface area contributed by atoms with Crippen LogP contribution in [-0.2, 0) is 0 Å². The molecule has 0 atom stereocenters. The van der Waals surface area contributed by atoms with E-state index in [2.05, 4.69) is 24.3 Å². The van der Waals surface area contributed by atoms with Crippen molar-refractivity contribution in [3.05, 3.63) is 18.2 Å². The number of rotatable bonds is 6. The number of hydrogen-bond donors (Lipinski definition) is 2. The van der Waals surface area contributed by atoms with E-state index >= 15 is 0 Å². The van der Waals surface area contributed by atoms with Crippen molar-refractivity contribution in [2.75, 3.05) is 31.7 Å². The largest absolute Gasteiger partial charge is 0.491 e. The van der Waals surface area contributed by atoms with Gasteiger partial charge >= 0.3 is 0 Å². The lowest BCUT2D eigenvalue weighted by Crippen LogP contribution is -2.47. The van der Waals surface area contributed by atoms with Crippen LogP contribution in [0.5, 0.6) is 5.75 Å². The van der Waals surface area contributed by atoms with E-state index in [-0.39, 0.29) is 11.6 Å². The molecule has 1 aliphatic carbocycles. The fraction of sp³-hybridized carbons (Fsp3) is 0.647. The quantitative estimate of drug-likeness (QED) is 0.789. The third-order valence-electron chi connectivity index (χ3n) is 4.41. The molecule has 0 radical (unpaired) electrons. The Morgan fingerprint density at radius 2 is 1.90 bits per heavy atom. The van der Waals surface area contributed by atoms with E-state index in [9.17, 15) is 0 Å². The molecular weight excluding hydrogens is 262 g/mol. The van der Waals surface area contributed by atoms with Gasteiger partial charge < -0.3 is 20.7 Å². The van der Waals surface area contributed by atoms with E-state index < -0.39 is 0 Å². The van der Waals surface area contributed by atoms with Gasteiger partial charge in [-0.2, -0.15) is 0 Å². The zero-order chi connectivity index (χ0) is 15.5. The molecule has 0 unspecified atom stereocenters. The first kappa shape index (κ1) is 16.0. The van der Waals surface area contributed by atoms with Crippen molar-refractivity contribution in [3.8, 4) is 5.75 Å². The van der Waals surface area contributed by atoms with Crippen molar-refractivity contribution >= 4 is 11.4 Å². The predicted octanol–water partition coefficient (Wildman–Crippen LogP) is 3.34. The minimum atomic E-state index is 0.155. The van der Waals surface area contributed by atoms with Gasteiger partial charge in [-0.05, 0) is 46.9 Å². The van der Waals surface area contributed by atoms with E-state index in [1.807, 2.05) is 32.0 Å². The fourth-order valence-electron chi connectivity index (χ4n) is 3.15. The van der Waals surface area contributed by atoms with Crippen LogP contribution in [-0.4, -0.2) is 37.2 Å². The zero-order valence-corrected chi connectivity index (χ0v) is 13.8. The third kappa shape index (κ3) is 4.03. The molecule has 0 heterocycles. The summed E-state index contributed by atoms with van der Waals surface area (Å²) in [5.41, 5.74) is 8.03. The van der Waals surface area contributed by atoms with Gasteiger partial charge in [0.1, 0.15) is 5.75 Å². The average molecular weight is 291 g/mol. The molecule has 1 aromatic carbocycles. The van der Waals surface area contributed by atoms with Crippen LogP contribution in [0.4, 0.5) is 11.4 Å². The van der Waals surface area contributed by atoms with Gasteiger partial charge in [0.25, 0.3) is 0 Å². The van der Waals surface area contributed by atoms with Crippen molar-refractivity contribution in [2.45, 2.75) is 51.2 Å². The molecule has 0 aromatic heterocycles. The van der Waals surface area contributed by atoms with Crippen molar-refractivity contribution in [1.82, 2.24) is 4.90 Å². The summed E-state index contributed by atoms with van der Waals surface area (Å²) in [5, 5.41) is 3.56. The molecule has 21 heavy (non-hydrogen) atoms. The molecule has 118 valence electrons. The van der Waals surface area contributed by atoms with Gasteiger partial charge in [0.15, 0.2) is 0 Å². The summed E-state index contributed by atoms with van der Waals surface area (Å²) in [4.78, 5) is 2.37. The highest BCUT2D eigenvalue weighted by atomic mass is 16.5. The predicted molar refractivity (Wildman–Crippen MR) is 90.0 cm³/mol. The van der Waals surface area contributed by atoms with Gasteiger partial charge in [0, 0.05) is 35.6 Å². The number of likely N-dealkylation sites (N-methyl/N-ethyl adjacent to an activating group) is 1. The first-order valence-corrected chi connectivity index (χ1v) is 7.90. The first-order chi connectivity index (χ1) is 9.91. The smallest absolute Gasteiger partial charge is 0.123 e. The molecule has 1 saturated carbocycles. The second kappa shape index (κ2) is 6.56. The Labute approximate surface area is 128 Å². The summed E-state index contributed by atoms with van der Waals surface area (Å²) in [6, 6.07) is 5.89. The number of nitrogens with one attached hydrogen (secondary N) is 1. The minimum absolute atomic E-state index is 0.155. The lowest BCUT2D eigenvalue weighted by atomic mass is 9.96. The zero-order valence-electron chi connectivity index (χ0n) is 13.8. The lowest BCUT2D eigenvalue weighted by Gasteiger charge is -2.37. The van der Waals surface area contributed by atoms with Crippen LogP contribution in [0.2, 0.25) is 0 Å². The van der Waals surface area contributed by atoms with Gasteiger partial charge in [-0.1, -0.05) is 12.8 Å². The number of nitrogens with zero attached hydrogens (tertiary/aromatic N) is 1. The number of nitrogens with two attached hydrogens (primary N) is 1. The molecule has 1 aromatic rings. The summed E-state index contributed by atoms with van der Waals surface area (Å²) in [7, 11) is 4.36. The SMILES string of the molecule is CC(C)Oc1cc(N)cc(NCC2(N(C)C)CCCC2)c1. The molecule has 0 amide bonds. The fourth-order valence-corrected chi connectivity index (χ4v) is 3.15. The highest BCUT2D eigenvalue weighted by Crippen LogP contribution is 2.34. The van der Waals surface area contributed by atoms with Crippen LogP contribution in [0.25, 0.3) is 0 Å². The van der Waals surface area contributed by atoms with Gasteiger partial charge in [-0.15, -0.1) is 0 Å². The van der Waals surface area contributed by atoms with E-state index in [0.29, 0.717) is 0 Å².